The zero-order valence-electron chi connectivity index (χ0n) is 20.0. The number of thiophene rings is 2. The summed E-state index contributed by atoms with van der Waals surface area (Å²) in [6, 6.07) is 35.7. The number of fused-ring (bicyclic) bond motifs is 8. The van der Waals surface area contributed by atoms with E-state index in [0.29, 0.717) is 0 Å². The molecule has 0 atom stereocenters. The molecule has 2 aromatic heterocycles. The van der Waals surface area contributed by atoms with Crippen LogP contribution in [0.5, 0.6) is 0 Å². The molecule has 0 unspecified atom stereocenters. The molecule has 2 heterocycles. The molecule has 0 saturated heterocycles. The maximum Gasteiger partial charge on any atom is 0.0597 e. The van der Waals surface area contributed by atoms with Crippen molar-refractivity contribution < 1.29 is 0 Å². The molecule has 7 aromatic rings. The minimum atomic E-state index is -0.107. The Bertz CT molecular complexity index is 1900. The van der Waals surface area contributed by atoms with Crippen LogP contribution in [0.2, 0.25) is 0 Å². The van der Waals surface area contributed by atoms with Crippen molar-refractivity contribution in [3.8, 4) is 0 Å². The normalized spacial score (nSPS) is 12.4. The highest BCUT2D eigenvalue weighted by molar-refractivity contribution is 7.26. The molecule has 0 aliphatic carbocycles. The Morgan fingerprint density at radius 3 is 2.03 bits per heavy atom. The lowest BCUT2D eigenvalue weighted by Gasteiger charge is -2.38. The fourth-order valence-electron chi connectivity index (χ4n) is 5.52. The molecule has 0 spiro atoms. The van der Waals surface area contributed by atoms with Crippen LogP contribution in [-0.2, 0) is 0 Å². The Balaban J connectivity index is 1.58. The molecular formula is C32H25NS2. The van der Waals surface area contributed by atoms with Crippen molar-refractivity contribution in [3.05, 3.63) is 97.1 Å². The van der Waals surface area contributed by atoms with Gasteiger partial charge in [-0.1, -0.05) is 66.7 Å². The van der Waals surface area contributed by atoms with Gasteiger partial charge in [-0.05, 0) is 61.9 Å². The standard InChI is InChI=1S/C32H25NS2/c1-32(2,3)33(24-14-9-17-27-30(24)22-12-6-7-16-26(22)34-27)25-15-8-13-23-29-21-11-5-4-10-20(21)18-19-28(29)35-31(23)25/h4-19H,1-3H3. The summed E-state index contributed by atoms with van der Waals surface area (Å²) in [6.07, 6.45) is 0. The predicted molar refractivity (Wildman–Crippen MR) is 158 cm³/mol. The molecule has 0 aliphatic rings. The van der Waals surface area contributed by atoms with Crippen LogP contribution >= 0.6 is 22.7 Å². The maximum absolute atomic E-state index is 2.56. The van der Waals surface area contributed by atoms with Crippen LogP contribution in [0.25, 0.3) is 51.1 Å². The smallest absolute Gasteiger partial charge is 0.0597 e. The molecule has 0 bridgehead atoms. The van der Waals surface area contributed by atoms with Crippen LogP contribution in [0, 0.1) is 0 Å². The largest absolute Gasteiger partial charge is 0.334 e. The number of rotatable bonds is 2. The Kier molecular flexibility index (Phi) is 4.51. The highest BCUT2D eigenvalue weighted by atomic mass is 32.1. The van der Waals surface area contributed by atoms with E-state index in [4.69, 9.17) is 0 Å². The van der Waals surface area contributed by atoms with Gasteiger partial charge in [0.05, 0.1) is 16.1 Å². The van der Waals surface area contributed by atoms with Gasteiger partial charge in [-0.15, -0.1) is 22.7 Å². The lowest BCUT2D eigenvalue weighted by atomic mass is 9.99. The van der Waals surface area contributed by atoms with Crippen molar-refractivity contribution in [1.82, 2.24) is 0 Å². The Hall–Kier alpha value is -3.40. The SMILES string of the molecule is CC(C)(C)N(c1cccc2c1sc1ccc3ccccc3c12)c1cccc2sc3ccccc3c12. The summed E-state index contributed by atoms with van der Waals surface area (Å²) in [6.45, 7) is 6.96. The summed E-state index contributed by atoms with van der Waals surface area (Å²) in [4.78, 5) is 2.56. The first-order chi connectivity index (χ1) is 17.0. The van der Waals surface area contributed by atoms with E-state index in [0.717, 1.165) is 0 Å². The van der Waals surface area contributed by atoms with Gasteiger partial charge in [0.1, 0.15) is 0 Å². The summed E-state index contributed by atoms with van der Waals surface area (Å²) in [7, 11) is 0. The molecule has 170 valence electrons. The van der Waals surface area contributed by atoms with Gasteiger partial charge in [0.2, 0.25) is 0 Å². The van der Waals surface area contributed by atoms with Crippen molar-refractivity contribution >= 4 is 85.2 Å². The van der Waals surface area contributed by atoms with E-state index in [1.54, 1.807) is 0 Å². The molecule has 0 aliphatic heterocycles. The van der Waals surface area contributed by atoms with E-state index < -0.39 is 0 Å². The first kappa shape index (κ1) is 20.9. The molecule has 0 radical (unpaired) electrons. The first-order valence-corrected chi connectivity index (χ1v) is 13.7. The molecule has 3 heteroatoms. The lowest BCUT2D eigenvalue weighted by Crippen LogP contribution is -2.37. The summed E-state index contributed by atoms with van der Waals surface area (Å²) in [5.41, 5.74) is 2.45. The van der Waals surface area contributed by atoms with Crippen molar-refractivity contribution in [2.75, 3.05) is 4.90 Å². The van der Waals surface area contributed by atoms with Gasteiger partial charge in [0, 0.05) is 41.2 Å². The van der Waals surface area contributed by atoms with Crippen molar-refractivity contribution in [2.24, 2.45) is 0 Å². The van der Waals surface area contributed by atoms with E-state index >= 15 is 0 Å². The predicted octanol–water partition coefficient (Wildman–Crippen LogP) is 10.5. The van der Waals surface area contributed by atoms with Gasteiger partial charge in [-0.2, -0.15) is 0 Å². The van der Waals surface area contributed by atoms with Crippen LogP contribution < -0.4 is 4.90 Å². The molecule has 0 N–H and O–H groups in total. The third kappa shape index (κ3) is 3.12. The molecule has 0 saturated carbocycles. The summed E-state index contributed by atoms with van der Waals surface area (Å²) in [5, 5.41) is 8.04. The van der Waals surface area contributed by atoms with Gasteiger partial charge < -0.3 is 4.90 Å². The molecule has 1 nitrogen and oxygen atoms in total. The highest BCUT2D eigenvalue weighted by Crippen LogP contribution is 2.49. The Morgan fingerprint density at radius 2 is 1.17 bits per heavy atom. The third-order valence-corrected chi connectivity index (χ3v) is 9.23. The number of hydrogen-bond donors (Lipinski definition) is 0. The highest BCUT2D eigenvalue weighted by Gasteiger charge is 2.28. The number of benzene rings is 5. The second kappa shape index (κ2) is 7.55. The lowest BCUT2D eigenvalue weighted by molar-refractivity contribution is 0.563. The third-order valence-electron chi connectivity index (χ3n) is 6.90. The number of nitrogens with zero attached hydrogens (tertiary/aromatic N) is 1. The van der Waals surface area contributed by atoms with E-state index in [1.807, 2.05) is 22.7 Å². The zero-order chi connectivity index (χ0) is 23.7. The van der Waals surface area contributed by atoms with Crippen LogP contribution in [-0.4, -0.2) is 5.54 Å². The molecular weight excluding hydrogens is 462 g/mol. The van der Waals surface area contributed by atoms with Gasteiger partial charge in [-0.25, -0.2) is 0 Å². The van der Waals surface area contributed by atoms with E-state index in [2.05, 4.69) is 123 Å². The summed E-state index contributed by atoms with van der Waals surface area (Å²) < 4.78 is 5.38. The topological polar surface area (TPSA) is 3.24 Å². The molecule has 5 aromatic carbocycles. The van der Waals surface area contributed by atoms with Gasteiger partial charge >= 0.3 is 0 Å². The average molecular weight is 488 g/mol. The molecule has 0 fully saturated rings. The molecule has 7 rings (SSSR count). The monoisotopic (exact) mass is 487 g/mol. The average Bonchev–Trinajstić information content (AvgIpc) is 3.43. The van der Waals surface area contributed by atoms with Crippen molar-refractivity contribution in [3.63, 3.8) is 0 Å². The van der Waals surface area contributed by atoms with Gasteiger partial charge in [-0.3, -0.25) is 0 Å². The van der Waals surface area contributed by atoms with Crippen LogP contribution in [0.1, 0.15) is 20.8 Å². The minimum Gasteiger partial charge on any atom is -0.334 e. The fourth-order valence-corrected chi connectivity index (χ4v) is 7.87. The van der Waals surface area contributed by atoms with Crippen LogP contribution in [0.4, 0.5) is 11.4 Å². The fraction of sp³-hybridized carbons (Fsp3) is 0.125. The van der Waals surface area contributed by atoms with Crippen LogP contribution in [0.3, 0.4) is 0 Å². The summed E-state index contributed by atoms with van der Waals surface area (Å²) in [5.74, 6) is 0. The van der Waals surface area contributed by atoms with Crippen molar-refractivity contribution in [1.29, 1.82) is 0 Å². The van der Waals surface area contributed by atoms with E-state index in [9.17, 15) is 0 Å². The Labute approximate surface area is 212 Å². The molecule has 35 heavy (non-hydrogen) atoms. The summed E-state index contributed by atoms with van der Waals surface area (Å²) >= 11 is 3.80. The number of anilines is 2. The van der Waals surface area contributed by atoms with Crippen LogP contribution in [0.15, 0.2) is 97.1 Å². The minimum absolute atomic E-state index is 0.107. The maximum atomic E-state index is 2.56. The van der Waals surface area contributed by atoms with Gasteiger partial charge in [0.15, 0.2) is 0 Å². The quantitative estimate of drug-likeness (QED) is 0.234. The zero-order valence-corrected chi connectivity index (χ0v) is 21.6. The second-order valence-corrected chi connectivity index (χ2v) is 12.3. The van der Waals surface area contributed by atoms with E-state index in [-0.39, 0.29) is 5.54 Å². The van der Waals surface area contributed by atoms with E-state index in [1.165, 1.54) is 62.5 Å². The van der Waals surface area contributed by atoms with Crippen molar-refractivity contribution in [2.45, 2.75) is 26.3 Å². The second-order valence-electron chi connectivity index (χ2n) is 10.2. The Morgan fingerprint density at radius 1 is 0.514 bits per heavy atom. The molecule has 0 amide bonds. The first-order valence-electron chi connectivity index (χ1n) is 12.0. The van der Waals surface area contributed by atoms with Gasteiger partial charge in [0.25, 0.3) is 0 Å². The number of hydrogen-bond acceptors (Lipinski definition) is 3.